The molecule has 1 aromatic heterocycles. The predicted molar refractivity (Wildman–Crippen MR) is 112 cm³/mol. The third-order valence-electron chi connectivity index (χ3n) is 4.27. The topological polar surface area (TPSA) is 80.2 Å². The Morgan fingerprint density at radius 2 is 1.72 bits per heavy atom. The molecule has 0 aliphatic heterocycles. The van der Waals surface area contributed by atoms with Crippen molar-refractivity contribution in [3.63, 3.8) is 0 Å². The quantitative estimate of drug-likeness (QED) is 0.636. The van der Waals surface area contributed by atoms with Crippen molar-refractivity contribution >= 4 is 23.4 Å². The van der Waals surface area contributed by atoms with Gasteiger partial charge in [-0.05, 0) is 36.2 Å². The van der Waals surface area contributed by atoms with E-state index in [2.05, 4.69) is 10.9 Å². The first kappa shape index (κ1) is 20.4. The number of amides is 2. The summed E-state index contributed by atoms with van der Waals surface area (Å²) in [7, 11) is 0. The van der Waals surface area contributed by atoms with E-state index >= 15 is 0 Å². The highest BCUT2D eigenvalue weighted by Crippen LogP contribution is 2.10. The first-order valence-corrected chi connectivity index (χ1v) is 9.38. The Hall–Kier alpha value is -3.38. The maximum absolute atomic E-state index is 12.4. The van der Waals surface area contributed by atoms with Crippen LogP contribution in [0.5, 0.6) is 0 Å². The van der Waals surface area contributed by atoms with Gasteiger partial charge in [0.25, 0.3) is 11.5 Å². The van der Waals surface area contributed by atoms with Crippen LogP contribution in [0.1, 0.15) is 27.0 Å². The summed E-state index contributed by atoms with van der Waals surface area (Å²) in [5.74, 6) is -0.842. The van der Waals surface area contributed by atoms with Gasteiger partial charge in [-0.25, -0.2) is 0 Å². The number of pyridine rings is 1. The molecule has 0 spiro atoms. The number of halogens is 1. The molecule has 0 unspecified atom stereocenters. The average molecular weight is 410 g/mol. The lowest BCUT2D eigenvalue weighted by atomic mass is 10.1. The second-order valence-electron chi connectivity index (χ2n) is 6.68. The van der Waals surface area contributed by atoms with Crippen LogP contribution in [0.25, 0.3) is 0 Å². The first-order valence-electron chi connectivity index (χ1n) is 9.00. The Balaban J connectivity index is 1.62. The fraction of sp³-hybridized carbons (Fsp3) is 0.136. The minimum atomic E-state index is -0.507. The molecule has 148 valence electrons. The highest BCUT2D eigenvalue weighted by molar-refractivity contribution is 6.30. The second-order valence-corrected chi connectivity index (χ2v) is 7.11. The van der Waals surface area contributed by atoms with Crippen LogP contribution in [0, 0.1) is 6.92 Å². The van der Waals surface area contributed by atoms with E-state index in [9.17, 15) is 14.4 Å². The van der Waals surface area contributed by atoms with Crippen molar-refractivity contribution in [1.82, 2.24) is 15.4 Å². The molecule has 2 amide bonds. The Morgan fingerprint density at radius 1 is 0.966 bits per heavy atom. The molecule has 0 aliphatic carbocycles. The van der Waals surface area contributed by atoms with Crippen LogP contribution in [0.3, 0.4) is 0 Å². The van der Waals surface area contributed by atoms with Gasteiger partial charge in [-0.3, -0.25) is 25.2 Å². The number of carbonyl (C=O) groups is 2. The molecular formula is C22H20ClN3O3. The zero-order chi connectivity index (χ0) is 20.8. The maximum atomic E-state index is 12.4. The number of aryl methyl sites for hydroxylation is 1. The van der Waals surface area contributed by atoms with Crippen molar-refractivity contribution in [1.29, 1.82) is 0 Å². The Kier molecular flexibility index (Phi) is 6.46. The van der Waals surface area contributed by atoms with Crippen molar-refractivity contribution in [2.75, 3.05) is 0 Å². The first-order chi connectivity index (χ1) is 13.9. The number of benzene rings is 2. The number of rotatable bonds is 5. The van der Waals surface area contributed by atoms with Crippen LogP contribution in [-0.2, 0) is 17.8 Å². The van der Waals surface area contributed by atoms with Gasteiger partial charge in [0.2, 0.25) is 5.91 Å². The highest BCUT2D eigenvalue weighted by Gasteiger charge is 2.10. The number of carbonyl (C=O) groups excluding carboxylic acids is 2. The van der Waals surface area contributed by atoms with E-state index in [0.29, 0.717) is 11.6 Å². The van der Waals surface area contributed by atoms with E-state index in [1.807, 2.05) is 43.3 Å². The molecule has 0 fully saturated rings. The molecule has 0 aliphatic rings. The van der Waals surface area contributed by atoms with Gasteiger partial charge in [-0.15, -0.1) is 0 Å². The van der Waals surface area contributed by atoms with Crippen LogP contribution in [0.15, 0.2) is 71.7 Å². The summed E-state index contributed by atoms with van der Waals surface area (Å²) in [5, 5.41) is 0.607. The van der Waals surface area contributed by atoms with Crippen LogP contribution in [0.4, 0.5) is 0 Å². The van der Waals surface area contributed by atoms with E-state index in [0.717, 1.165) is 16.7 Å². The Morgan fingerprint density at radius 3 is 2.45 bits per heavy atom. The lowest BCUT2D eigenvalue weighted by Gasteiger charge is -2.10. The summed E-state index contributed by atoms with van der Waals surface area (Å²) in [4.78, 5) is 36.5. The molecule has 2 N–H and O–H groups in total. The van der Waals surface area contributed by atoms with E-state index in [1.165, 1.54) is 22.9 Å². The molecule has 0 saturated carbocycles. The van der Waals surface area contributed by atoms with Crippen LogP contribution in [0.2, 0.25) is 5.02 Å². The van der Waals surface area contributed by atoms with Crippen molar-refractivity contribution in [3.8, 4) is 0 Å². The summed E-state index contributed by atoms with van der Waals surface area (Å²) < 4.78 is 1.42. The maximum Gasteiger partial charge on any atom is 0.271 e. The molecule has 1 heterocycles. The zero-order valence-corrected chi connectivity index (χ0v) is 16.6. The smallest absolute Gasteiger partial charge is 0.271 e. The number of nitrogens with one attached hydrogen (secondary N) is 2. The third kappa shape index (κ3) is 5.80. The lowest BCUT2D eigenvalue weighted by molar-refractivity contribution is -0.121. The van der Waals surface area contributed by atoms with Gasteiger partial charge in [0.1, 0.15) is 0 Å². The second kappa shape index (κ2) is 9.21. The molecule has 2 aromatic carbocycles. The largest absolute Gasteiger partial charge is 0.310 e. The third-order valence-corrected chi connectivity index (χ3v) is 4.53. The molecule has 0 saturated heterocycles. The fourth-order valence-corrected chi connectivity index (χ4v) is 2.95. The molecule has 3 aromatic rings. The normalized spacial score (nSPS) is 10.4. The number of nitrogens with zero attached hydrogens (tertiary/aromatic N) is 1. The van der Waals surface area contributed by atoms with Crippen LogP contribution < -0.4 is 16.4 Å². The summed E-state index contributed by atoms with van der Waals surface area (Å²) in [6.45, 7) is 2.25. The molecule has 0 atom stereocenters. The standard InChI is InChI=1S/C22H20ClN3O3/c1-15-3-2-4-17(11-15)12-20(27)24-25-22(29)18-7-10-21(28)26(14-18)13-16-5-8-19(23)9-6-16/h2-11,14H,12-13H2,1H3,(H,24,27)(H,25,29). The molecular weight excluding hydrogens is 390 g/mol. The van der Waals surface area contributed by atoms with E-state index in [-0.39, 0.29) is 23.5 Å². The van der Waals surface area contributed by atoms with Gasteiger partial charge in [0, 0.05) is 17.3 Å². The van der Waals surface area contributed by atoms with E-state index in [4.69, 9.17) is 11.6 Å². The fourth-order valence-electron chi connectivity index (χ4n) is 2.83. The van der Waals surface area contributed by atoms with Gasteiger partial charge in [-0.1, -0.05) is 53.6 Å². The number of aromatic nitrogens is 1. The van der Waals surface area contributed by atoms with Gasteiger partial charge in [-0.2, -0.15) is 0 Å². The van der Waals surface area contributed by atoms with Crippen molar-refractivity contribution in [2.24, 2.45) is 0 Å². The van der Waals surface area contributed by atoms with Gasteiger partial charge in [0.15, 0.2) is 0 Å². The minimum Gasteiger partial charge on any atom is -0.310 e. The van der Waals surface area contributed by atoms with Crippen molar-refractivity contribution in [3.05, 3.63) is 104 Å². The van der Waals surface area contributed by atoms with Gasteiger partial charge >= 0.3 is 0 Å². The van der Waals surface area contributed by atoms with Crippen LogP contribution >= 0.6 is 11.6 Å². The Labute approximate surface area is 173 Å². The van der Waals surface area contributed by atoms with Crippen LogP contribution in [-0.4, -0.2) is 16.4 Å². The average Bonchev–Trinajstić information content (AvgIpc) is 2.69. The van der Waals surface area contributed by atoms with Crippen molar-refractivity contribution in [2.45, 2.75) is 19.9 Å². The zero-order valence-electron chi connectivity index (χ0n) is 15.8. The van der Waals surface area contributed by atoms with Gasteiger partial charge in [0.05, 0.1) is 18.5 Å². The van der Waals surface area contributed by atoms with Crippen molar-refractivity contribution < 1.29 is 9.59 Å². The number of hydrogen-bond acceptors (Lipinski definition) is 3. The predicted octanol–water partition coefficient (Wildman–Crippen LogP) is 2.86. The molecule has 0 bridgehead atoms. The molecule has 6 nitrogen and oxygen atoms in total. The van der Waals surface area contributed by atoms with E-state index in [1.54, 1.807) is 12.1 Å². The molecule has 7 heteroatoms. The number of hydrazine groups is 1. The SMILES string of the molecule is Cc1cccc(CC(=O)NNC(=O)c2ccc(=O)n(Cc3ccc(Cl)cc3)c2)c1. The summed E-state index contributed by atoms with van der Waals surface area (Å²) >= 11 is 5.88. The highest BCUT2D eigenvalue weighted by atomic mass is 35.5. The summed E-state index contributed by atoms with van der Waals surface area (Å²) in [6.07, 6.45) is 1.61. The summed E-state index contributed by atoms with van der Waals surface area (Å²) in [6, 6.07) is 17.4. The minimum absolute atomic E-state index is 0.151. The molecule has 0 radical (unpaired) electrons. The lowest BCUT2D eigenvalue weighted by Crippen LogP contribution is -2.42. The molecule has 29 heavy (non-hydrogen) atoms. The van der Waals surface area contributed by atoms with E-state index < -0.39 is 5.91 Å². The Bertz CT molecular complexity index is 1090. The molecule has 3 rings (SSSR count). The van der Waals surface area contributed by atoms with Gasteiger partial charge < -0.3 is 4.57 Å². The monoisotopic (exact) mass is 409 g/mol. The summed E-state index contributed by atoms with van der Waals surface area (Å²) in [5.41, 5.74) is 7.59. The number of hydrogen-bond donors (Lipinski definition) is 2.